The number of benzene rings is 1. The highest BCUT2D eigenvalue weighted by molar-refractivity contribution is 7.84. The largest absolute Gasteiger partial charge is 0.396 e. The third kappa shape index (κ3) is 5.45. The molecular formula is C19H28N2O2S2. The zero-order valence-electron chi connectivity index (χ0n) is 15.6. The van der Waals surface area contributed by atoms with Gasteiger partial charge in [-0.2, -0.15) is 0 Å². The standard InChI is InChI=1S/C19H28N2O2S2/c1-13(11-22)10-17(21-25(23)19(3,4)5)15-6-8-16(9-7-15)18-14(2)20-12-24-18/h6-9,12-13,17,21-22H,10-11H2,1-5H3/t13?,17-,25+/m0/s1. The highest BCUT2D eigenvalue weighted by atomic mass is 32.2. The molecule has 2 aromatic rings. The van der Waals surface area contributed by atoms with Crippen LogP contribution in [0.4, 0.5) is 0 Å². The van der Waals surface area contributed by atoms with E-state index in [4.69, 9.17) is 0 Å². The van der Waals surface area contributed by atoms with Gasteiger partial charge in [0.15, 0.2) is 0 Å². The number of hydrogen-bond donors (Lipinski definition) is 2. The van der Waals surface area contributed by atoms with Crippen molar-refractivity contribution in [3.05, 3.63) is 41.0 Å². The summed E-state index contributed by atoms with van der Waals surface area (Å²) in [5, 5.41) is 9.42. The molecule has 1 heterocycles. The molecule has 1 unspecified atom stereocenters. The summed E-state index contributed by atoms with van der Waals surface area (Å²) in [6, 6.07) is 8.29. The fourth-order valence-corrected chi connectivity index (χ4v) is 4.14. The molecule has 1 aromatic heterocycles. The molecule has 2 rings (SSSR count). The Morgan fingerprint density at radius 2 is 1.92 bits per heavy atom. The van der Waals surface area contributed by atoms with E-state index in [0.29, 0.717) is 0 Å². The normalized spacial score (nSPS) is 15.8. The lowest BCUT2D eigenvalue weighted by molar-refractivity contribution is 0.221. The number of aliphatic hydroxyl groups excluding tert-OH is 1. The molecule has 6 heteroatoms. The van der Waals surface area contributed by atoms with E-state index >= 15 is 0 Å². The molecule has 0 spiro atoms. The molecule has 4 nitrogen and oxygen atoms in total. The lowest BCUT2D eigenvalue weighted by atomic mass is 9.96. The van der Waals surface area contributed by atoms with Gasteiger partial charge < -0.3 is 5.11 Å². The van der Waals surface area contributed by atoms with E-state index in [-0.39, 0.29) is 23.3 Å². The number of aryl methyl sites for hydroxylation is 1. The smallest absolute Gasteiger partial charge is 0.0975 e. The Balaban J connectivity index is 2.24. The number of hydrogen-bond acceptors (Lipinski definition) is 4. The van der Waals surface area contributed by atoms with Crippen molar-refractivity contribution in [1.29, 1.82) is 0 Å². The number of rotatable bonds is 7. The van der Waals surface area contributed by atoms with Gasteiger partial charge in [-0.15, -0.1) is 11.3 Å². The average molecular weight is 381 g/mol. The molecule has 0 radical (unpaired) electrons. The first-order chi connectivity index (χ1) is 11.7. The molecule has 0 fully saturated rings. The average Bonchev–Trinajstić information content (AvgIpc) is 2.99. The van der Waals surface area contributed by atoms with Crippen LogP contribution in [0.5, 0.6) is 0 Å². The molecule has 0 saturated heterocycles. The van der Waals surface area contributed by atoms with Crippen molar-refractivity contribution >= 4 is 22.3 Å². The molecule has 25 heavy (non-hydrogen) atoms. The van der Waals surface area contributed by atoms with Crippen LogP contribution in [0.3, 0.4) is 0 Å². The van der Waals surface area contributed by atoms with Crippen LogP contribution in [-0.2, 0) is 11.0 Å². The van der Waals surface area contributed by atoms with E-state index in [2.05, 4.69) is 34.0 Å². The summed E-state index contributed by atoms with van der Waals surface area (Å²) in [6.45, 7) is 10.0. The van der Waals surface area contributed by atoms with Crippen molar-refractivity contribution in [2.75, 3.05) is 6.61 Å². The van der Waals surface area contributed by atoms with Crippen molar-refractivity contribution in [2.45, 2.75) is 51.8 Å². The van der Waals surface area contributed by atoms with Crippen molar-refractivity contribution in [1.82, 2.24) is 9.71 Å². The third-order valence-corrected chi connectivity index (χ3v) is 6.66. The number of thiazole rings is 1. The highest BCUT2D eigenvalue weighted by Crippen LogP contribution is 2.30. The Labute approximate surface area is 157 Å². The van der Waals surface area contributed by atoms with Crippen molar-refractivity contribution in [3.8, 4) is 10.4 Å². The molecule has 0 bridgehead atoms. The van der Waals surface area contributed by atoms with E-state index in [9.17, 15) is 9.32 Å². The third-order valence-electron chi connectivity index (χ3n) is 4.08. The van der Waals surface area contributed by atoms with E-state index < -0.39 is 11.0 Å². The number of aromatic nitrogens is 1. The molecular weight excluding hydrogens is 352 g/mol. The van der Waals surface area contributed by atoms with E-state index in [0.717, 1.165) is 23.2 Å². The summed E-state index contributed by atoms with van der Waals surface area (Å²) in [7, 11) is -1.16. The topological polar surface area (TPSA) is 62.2 Å². The number of aliphatic hydroxyl groups is 1. The Kier molecular flexibility index (Phi) is 6.91. The van der Waals surface area contributed by atoms with Gasteiger partial charge in [-0.05, 0) is 51.2 Å². The van der Waals surface area contributed by atoms with Gasteiger partial charge >= 0.3 is 0 Å². The minimum Gasteiger partial charge on any atom is -0.396 e. The fraction of sp³-hybridized carbons (Fsp3) is 0.526. The summed E-state index contributed by atoms with van der Waals surface area (Å²) in [5.74, 6) is 0.137. The Bertz CT molecular complexity index is 705. The van der Waals surface area contributed by atoms with Gasteiger partial charge in [0.05, 0.1) is 31.8 Å². The van der Waals surface area contributed by atoms with E-state index in [1.54, 1.807) is 11.3 Å². The number of nitrogens with one attached hydrogen (secondary N) is 1. The van der Waals surface area contributed by atoms with Gasteiger partial charge in [-0.1, -0.05) is 31.2 Å². The van der Waals surface area contributed by atoms with Crippen LogP contribution in [0.25, 0.3) is 10.4 Å². The maximum absolute atomic E-state index is 12.5. The van der Waals surface area contributed by atoms with Crippen LogP contribution in [0.1, 0.15) is 51.4 Å². The maximum atomic E-state index is 12.5. The van der Waals surface area contributed by atoms with Crippen LogP contribution >= 0.6 is 11.3 Å². The summed E-state index contributed by atoms with van der Waals surface area (Å²) in [5.41, 5.74) is 5.13. The first kappa shape index (κ1) is 20.2. The molecule has 3 atom stereocenters. The van der Waals surface area contributed by atoms with Crippen molar-refractivity contribution < 1.29 is 9.32 Å². The van der Waals surface area contributed by atoms with E-state index in [1.807, 2.05) is 40.1 Å². The minimum absolute atomic E-state index is 0.0567. The first-order valence-corrected chi connectivity index (χ1v) is 10.5. The highest BCUT2D eigenvalue weighted by Gasteiger charge is 2.24. The molecule has 0 amide bonds. The summed E-state index contributed by atoms with van der Waals surface area (Å²) >= 11 is 1.64. The zero-order valence-corrected chi connectivity index (χ0v) is 17.2. The maximum Gasteiger partial charge on any atom is 0.0975 e. The van der Waals surface area contributed by atoms with E-state index in [1.165, 1.54) is 4.88 Å². The van der Waals surface area contributed by atoms with Crippen LogP contribution in [0, 0.1) is 12.8 Å². The lowest BCUT2D eigenvalue weighted by Gasteiger charge is -2.26. The lowest BCUT2D eigenvalue weighted by Crippen LogP contribution is -2.36. The number of nitrogens with zero attached hydrogens (tertiary/aromatic N) is 1. The fourth-order valence-electron chi connectivity index (χ4n) is 2.48. The molecule has 2 N–H and O–H groups in total. The second kappa shape index (κ2) is 8.54. The quantitative estimate of drug-likeness (QED) is 0.755. The molecule has 0 aliphatic carbocycles. The minimum atomic E-state index is -1.16. The molecule has 0 aliphatic rings. The summed E-state index contributed by atoms with van der Waals surface area (Å²) < 4.78 is 15.5. The second-order valence-corrected chi connectivity index (χ2v) is 10.3. The molecule has 138 valence electrons. The summed E-state index contributed by atoms with van der Waals surface area (Å²) in [4.78, 5) is 5.48. The molecule has 0 aliphatic heterocycles. The Morgan fingerprint density at radius 3 is 2.40 bits per heavy atom. The second-order valence-electron chi connectivity index (χ2n) is 7.46. The van der Waals surface area contributed by atoms with Crippen LogP contribution in [0.15, 0.2) is 29.8 Å². The van der Waals surface area contributed by atoms with Crippen LogP contribution < -0.4 is 4.72 Å². The van der Waals surface area contributed by atoms with Gasteiger partial charge in [0.2, 0.25) is 0 Å². The Morgan fingerprint density at radius 1 is 1.28 bits per heavy atom. The zero-order chi connectivity index (χ0) is 18.6. The van der Waals surface area contributed by atoms with Crippen molar-refractivity contribution in [2.24, 2.45) is 5.92 Å². The van der Waals surface area contributed by atoms with Gasteiger partial charge in [0.25, 0.3) is 0 Å². The SMILES string of the molecule is Cc1ncsc1-c1ccc([C@H](CC(C)CO)N[S@](=O)C(C)(C)C)cc1. The van der Waals surface area contributed by atoms with Gasteiger partial charge in [-0.25, -0.2) is 13.9 Å². The molecule has 0 saturated carbocycles. The predicted octanol–water partition coefficient (Wildman–Crippen LogP) is 4.23. The Hall–Kier alpha value is -1.08. The van der Waals surface area contributed by atoms with Gasteiger partial charge in [-0.3, -0.25) is 0 Å². The van der Waals surface area contributed by atoms with Crippen LogP contribution in [0.2, 0.25) is 0 Å². The summed E-state index contributed by atoms with van der Waals surface area (Å²) in [6.07, 6.45) is 0.733. The van der Waals surface area contributed by atoms with Gasteiger partial charge in [0.1, 0.15) is 0 Å². The molecule has 1 aromatic carbocycles. The first-order valence-electron chi connectivity index (χ1n) is 8.51. The predicted molar refractivity (Wildman–Crippen MR) is 107 cm³/mol. The van der Waals surface area contributed by atoms with Crippen LogP contribution in [-0.4, -0.2) is 25.7 Å². The van der Waals surface area contributed by atoms with Crippen molar-refractivity contribution in [3.63, 3.8) is 0 Å². The monoisotopic (exact) mass is 380 g/mol. The van der Waals surface area contributed by atoms with Gasteiger partial charge in [0, 0.05) is 12.6 Å².